The average molecular weight is 245 g/mol. The van der Waals surface area contributed by atoms with Crippen molar-refractivity contribution < 1.29 is 9.90 Å². The lowest BCUT2D eigenvalue weighted by Gasteiger charge is -2.18. The zero-order chi connectivity index (χ0) is 13.3. The highest BCUT2D eigenvalue weighted by Crippen LogP contribution is 2.21. The van der Waals surface area contributed by atoms with Crippen LogP contribution in [0.2, 0.25) is 0 Å². The summed E-state index contributed by atoms with van der Waals surface area (Å²) in [6.07, 6.45) is 4.54. The fourth-order valence-corrected chi connectivity index (χ4v) is 1.52. The van der Waals surface area contributed by atoms with Crippen LogP contribution in [0.1, 0.15) is 36.7 Å². The lowest BCUT2D eigenvalue weighted by Crippen LogP contribution is -2.12. The van der Waals surface area contributed by atoms with Crippen molar-refractivity contribution in [3.63, 3.8) is 0 Å². The van der Waals surface area contributed by atoms with Crippen molar-refractivity contribution in [3.05, 3.63) is 41.9 Å². The Morgan fingerprint density at radius 1 is 1.28 bits per heavy atom. The molecule has 2 aromatic heterocycles. The molecule has 0 atom stereocenters. The van der Waals surface area contributed by atoms with Crippen LogP contribution in [0.3, 0.4) is 0 Å². The number of carbonyl (C=O) groups is 1. The zero-order valence-electron chi connectivity index (χ0n) is 10.6. The van der Waals surface area contributed by atoms with E-state index in [1.807, 2.05) is 12.1 Å². The van der Waals surface area contributed by atoms with Gasteiger partial charge in [-0.05, 0) is 17.0 Å². The van der Waals surface area contributed by atoms with E-state index < -0.39 is 5.97 Å². The molecular formula is C13H15N3O2. The van der Waals surface area contributed by atoms with Gasteiger partial charge < -0.3 is 5.11 Å². The average Bonchev–Trinajstić information content (AvgIpc) is 2.77. The number of carboxylic acids is 1. The van der Waals surface area contributed by atoms with Gasteiger partial charge in [0.2, 0.25) is 0 Å². The summed E-state index contributed by atoms with van der Waals surface area (Å²) in [7, 11) is 0. The summed E-state index contributed by atoms with van der Waals surface area (Å²) in [5, 5.41) is 12.8. The van der Waals surface area contributed by atoms with Crippen LogP contribution in [0.4, 0.5) is 0 Å². The molecule has 2 heterocycles. The Kier molecular flexibility index (Phi) is 2.90. The second kappa shape index (κ2) is 4.25. The predicted molar refractivity (Wildman–Crippen MR) is 67.0 cm³/mol. The molecule has 2 aromatic rings. The molecule has 18 heavy (non-hydrogen) atoms. The minimum absolute atomic E-state index is 0.0435. The zero-order valence-corrected chi connectivity index (χ0v) is 10.6. The molecule has 0 aliphatic heterocycles. The van der Waals surface area contributed by atoms with E-state index in [2.05, 4.69) is 30.9 Å². The quantitative estimate of drug-likeness (QED) is 0.881. The van der Waals surface area contributed by atoms with E-state index in [1.165, 1.54) is 17.1 Å². The van der Waals surface area contributed by atoms with E-state index in [9.17, 15) is 4.79 Å². The molecule has 0 radical (unpaired) electrons. The molecule has 0 spiro atoms. The summed E-state index contributed by atoms with van der Waals surface area (Å²) < 4.78 is 1.45. The molecule has 94 valence electrons. The molecule has 2 rings (SSSR count). The number of pyridine rings is 1. The van der Waals surface area contributed by atoms with Gasteiger partial charge in [-0.25, -0.2) is 14.5 Å². The van der Waals surface area contributed by atoms with E-state index in [1.54, 1.807) is 6.20 Å². The lowest BCUT2D eigenvalue weighted by molar-refractivity contribution is 0.0697. The Labute approximate surface area is 105 Å². The van der Waals surface area contributed by atoms with Crippen LogP contribution in [0.15, 0.2) is 30.7 Å². The first kappa shape index (κ1) is 12.3. The van der Waals surface area contributed by atoms with Crippen molar-refractivity contribution in [2.75, 3.05) is 0 Å². The first-order valence-electron chi connectivity index (χ1n) is 5.63. The highest BCUT2D eigenvalue weighted by Gasteiger charge is 2.14. The van der Waals surface area contributed by atoms with Crippen LogP contribution in [0.5, 0.6) is 0 Å². The van der Waals surface area contributed by atoms with Crippen LogP contribution in [0.25, 0.3) is 5.82 Å². The Balaban J connectivity index is 2.31. The third-order valence-electron chi connectivity index (χ3n) is 2.68. The number of hydrogen-bond donors (Lipinski definition) is 1. The first-order valence-corrected chi connectivity index (χ1v) is 5.63. The molecule has 0 aromatic carbocycles. The molecule has 0 amide bonds. The van der Waals surface area contributed by atoms with Gasteiger partial charge in [-0.2, -0.15) is 5.10 Å². The van der Waals surface area contributed by atoms with Crippen molar-refractivity contribution in [1.29, 1.82) is 0 Å². The largest absolute Gasteiger partial charge is 0.478 e. The minimum Gasteiger partial charge on any atom is -0.478 e. The lowest BCUT2D eigenvalue weighted by atomic mass is 9.88. The van der Waals surface area contributed by atoms with Gasteiger partial charge >= 0.3 is 5.97 Å². The van der Waals surface area contributed by atoms with Gasteiger partial charge in [-0.3, -0.25) is 0 Å². The normalized spacial score (nSPS) is 11.5. The van der Waals surface area contributed by atoms with E-state index in [-0.39, 0.29) is 11.0 Å². The number of nitrogens with zero attached hydrogens (tertiary/aromatic N) is 3. The van der Waals surface area contributed by atoms with Gasteiger partial charge in [0, 0.05) is 12.4 Å². The van der Waals surface area contributed by atoms with Gasteiger partial charge in [0.25, 0.3) is 0 Å². The van der Waals surface area contributed by atoms with E-state index in [0.717, 1.165) is 5.56 Å². The Morgan fingerprint density at radius 2 is 2.00 bits per heavy atom. The number of aromatic nitrogens is 3. The molecule has 0 aliphatic carbocycles. The van der Waals surface area contributed by atoms with Crippen molar-refractivity contribution in [3.8, 4) is 5.82 Å². The van der Waals surface area contributed by atoms with Crippen molar-refractivity contribution in [2.24, 2.45) is 0 Å². The van der Waals surface area contributed by atoms with Gasteiger partial charge in [0.15, 0.2) is 5.82 Å². The molecule has 5 heteroatoms. The predicted octanol–water partition coefficient (Wildman–Crippen LogP) is 2.26. The maximum absolute atomic E-state index is 10.8. The minimum atomic E-state index is -0.993. The number of hydrogen-bond acceptors (Lipinski definition) is 3. The summed E-state index contributed by atoms with van der Waals surface area (Å²) in [4.78, 5) is 15.1. The Morgan fingerprint density at radius 3 is 2.44 bits per heavy atom. The first-order chi connectivity index (χ1) is 8.38. The molecule has 0 unspecified atom stereocenters. The standard InChI is InChI=1S/C13H15N3O2/c1-13(2,3)10-4-5-11(14-7-10)16-8-9(6-15-16)12(17)18/h4-8H,1-3H3,(H,17,18). The van der Waals surface area contributed by atoms with Crippen molar-refractivity contribution in [2.45, 2.75) is 26.2 Å². The van der Waals surface area contributed by atoms with Gasteiger partial charge in [-0.1, -0.05) is 26.8 Å². The number of aromatic carboxylic acids is 1. The van der Waals surface area contributed by atoms with Crippen molar-refractivity contribution >= 4 is 5.97 Å². The Hall–Kier alpha value is -2.17. The topological polar surface area (TPSA) is 68.0 Å². The number of carboxylic acid groups (broad SMARTS) is 1. The fourth-order valence-electron chi connectivity index (χ4n) is 1.52. The molecule has 0 bridgehead atoms. The number of rotatable bonds is 2. The van der Waals surface area contributed by atoms with Gasteiger partial charge in [0.05, 0.1) is 11.8 Å². The summed E-state index contributed by atoms with van der Waals surface area (Å²) in [5.41, 5.74) is 1.32. The van der Waals surface area contributed by atoms with Crippen LogP contribution in [0, 0.1) is 0 Å². The molecule has 0 saturated carbocycles. The van der Waals surface area contributed by atoms with Gasteiger partial charge in [0.1, 0.15) is 0 Å². The van der Waals surface area contributed by atoms with E-state index >= 15 is 0 Å². The highest BCUT2D eigenvalue weighted by atomic mass is 16.4. The summed E-state index contributed by atoms with van der Waals surface area (Å²) >= 11 is 0. The van der Waals surface area contributed by atoms with Crippen LogP contribution in [-0.4, -0.2) is 25.8 Å². The molecule has 0 saturated heterocycles. The monoisotopic (exact) mass is 245 g/mol. The van der Waals surface area contributed by atoms with Gasteiger partial charge in [-0.15, -0.1) is 0 Å². The molecular weight excluding hydrogens is 230 g/mol. The maximum atomic E-state index is 10.8. The highest BCUT2D eigenvalue weighted by molar-refractivity contribution is 5.86. The van der Waals surface area contributed by atoms with E-state index in [0.29, 0.717) is 5.82 Å². The maximum Gasteiger partial charge on any atom is 0.338 e. The summed E-state index contributed by atoms with van der Waals surface area (Å²) in [6.45, 7) is 6.33. The van der Waals surface area contributed by atoms with Crippen LogP contribution in [-0.2, 0) is 5.41 Å². The van der Waals surface area contributed by atoms with Crippen LogP contribution >= 0.6 is 0 Å². The SMILES string of the molecule is CC(C)(C)c1ccc(-n2cc(C(=O)O)cn2)nc1. The van der Waals surface area contributed by atoms with Crippen molar-refractivity contribution in [1.82, 2.24) is 14.8 Å². The molecule has 0 aliphatic rings. The molecule has 5 nitrogen and oxygen atoms in total. The van der Waals surface area contributed by atoms with Crippen LogP contribution < -0.4 is 0 Å². The molecule has 1 N–H and O–H groups in total. The second-order valence-electron chi connectivity index (χ2n) is 5.13. The van der Waals surface area contributed by atoms with E-state index in [4.69, 9.17) is 5.11 Å². The smallest absolute Gasteiger partial charge is 0.338 e. The third kappa shape index (κ3) is 2.40. The third-order valence-corrected chi connectivity index (χ3v) is 2.68. The summed E-state index contributed by atoms with van der Waals surface area (Å²) in [5.74, 6) is -0.386. The molecule has 0 fully saturated rings. The Bertz CT molecular complexity index is 565. The second-order valence-corrected chi connectivity index (χ2v) is 5.13. The summed E-state index contributed by atoms with van der Waals surface area (Å²) in [6, 6.07) is 3.81. The fraction of sp³-hybridized carbons (Fsp3) is 0.308.